The van der Waals surface area contributed by atoms with Crippen LogP contribution in [0.2, 0.25) is 0 Å². The summed E-state index contributed by atoms with van der Waals surface area (Å²) >= 11 is 0. The van der Waals surface area contributed by atoms with Crippen molar-refractivity contribution in [2.75, 3.05) is 18.9 Å². The van der Waals surface area contributed by atoms with Crippen molar-refractivity contribution in [2.24, 2.45) is 0 Å². The maximum absolute atomic E-state index is 12.0. The number of aryl methyl sites for hydroxylation is 1. The third kappa shape index (κ3) is 4.87. The fourth-order valence-corrected chi connectivity index (χ4v) is 1.67. The van der Waals surface area contributed by atoms with E-state index in [-0.39, 0.29) is 23.9 Å². The second-order valence-corrected chi connectivity index (χ2v) is 5.60. The van der Waals surface area contributed by atoms with E-state index in [1.54, 1.807) is 13.1 Å². The van der Waals surface area contributed by atoms with Gasteiger partial charge in [-0.25, -0.2) is 0 Å². The van der Waals surface area contributed by atoms with Crippen LogP contribution in [0.15, 0.2) is 12.3 Å². The molecule has 0 spiro atoms. The Kier molecular flexibility index (Phi) is 5.07. The number of rotatable bonds is 4. The molecule has 3 N–H and O–H groups in total. The molecule has 0 radical (unpaired) electrons. The van der Waals surface area contributed by atoms with E-state index >= 15 is 0 Å². The Balaban J connectivity index is 2.66. The summed E-state index contributed by atoms with van der Waals surface area (Å²) < 4.78 is 0. The third-order valence-electron chi connectivity index (χ3n) is 2.48. The summed E-state index contributed by atoms with van der Waals surface area (Å²) in [6, 6.07) is 1.78. The van der Waals surface area contributed by atoms with Crippen LogP contribution in [0.1, 0.15) is 36.8 Å². The highest BCUT2D eigenvalue weighted by Gasteiger charge is 2.16. The molecule has 2 amide bonds. The summed E-state index contributed by atoms with van der Waals surface area (Å²) in [4.78, 5) is 27.8. The van der Waals surface area contributed by atoms with E-state index in [0.29, 0.717) is 11.3 Å². The van der Waals surface area contributed by atoms with Crippen molar-refractivity contribution < 1.29 is 9.59 Å². The minimum absolute atomic E-state index is 0.0624. The summed E-state index contributed by atoms with van der Waals surface area (Å²) in [5, 5.41) is 8.31. The standard InChI is InChI=1S/C14H22N4O2/c1-9-6-11(15-5)10(7-16-9)13(20)17-8-12(19)18-14(2,3)4/h6-7H,8H2,1-5H3,(H,15,16)(H,17,20)(H,18,19). The number of pyridine rings is 1. The van der Waals surface area contributed by atoms with Crippen LogP contribution < -0.4 is 16.0 Å². The first-order valence-electron chi connectivity index (χ1n) is 6.46. The molecule has 1 aromatic heterocycles. The van der Waals surface area contributed by atoms with Crippen LogP contribution >= 0.6 is 0 Å². The molecule has 20 heavy (non-hydrogen) atoms. The number of nitrogens with zero attached hydrogens (tertiary/aromatic N) is 1. The predicted molar refractivity (Wildman–Crippen MR) is 78.7 cm³/mol. The van der Waals surface area contributed by atoms with Gasteiger partial charge in [0.15, 0.2) is 0 Å². The number of carbonyl (C=O) groups excluding carboxylic acids is 2. The van der Waals surface area contributed by atoms with Gasteiger partial charge in [0.2, 0.25) is 5.91 Å². The average Bonchev–Trinajstić information content (AvgIpc) is 2.33. The summed E-state index contributed by atoms with van der Waals surface area (Å²) in [5.74, 6) is -0.553. The van der Waals surface area contributed by atoms with Gasteiger partial charge in [-0.1, -0.05) is 0 Å². The van der Waals surface area contributed by atoms with Gasteiger partial charge in [0.05, 0.1) is 17.8 Å². The Morgan fingerprint density at radius 1 is 1.30 bits per heavy atom. The predicted octanol–water partition coefficient (Wildman–Crippen LogP) is 1.08. The Hall–Kier alpha value is -2.11. The van der Waals surface area contributed by atoms with Gasteiger partial charge in [-0.15, -0.1) is 0 Å². The highest BCUT2D eigenvalue weighted by molar-refractivity contribution is 6.00. The Bertz CT molecular complexity index is 506. The molecular formula is C14H22N4O2. The number of amides is 2. The number of aromatic nitrogens is 1. The van der Waals surface area contributed by atoms with Crippen molar-refractivity contribution in [3.05, 3.63) is 23.5 Å². The summed E-state index contributed by atoms with van der Waals surface area (Å²) in [7, 11) is 1.73. The lowest BCUT2D eigenvalue weighted by atomic mass is 10.1. The zero-order chi connectivity index (χ0) is 15.3. The Morgan fingerprint density at radius 3 is 2.50 bits per heavy atom. The SMILES string of the molecule is CNc1cc(C)ncc1C(=O)NCC(=O)NC(C)(C)C. The third-order valence-corrected chi connectivity index (χ3v) is 2.48. The van der Waals surface area contributed by atoms with Crippen LogP contribution in [0.25, 0.3) is 0 Å². The van der Waals surface area contributed by atoms with E-state index in [1.165, 1.54) is 6.20 Å². The van der Waals surface area contributed by atoms with Crippen LogP contribution in [0.3, 0.4) is 0 Å². The zero-order valence-corrected chi connectivity index (χ0v) is 12.6. The summed E-state index contributed by atoms with van der Waals surface area (Å²) in [6.45, 7) is 7.44. The molecule has 110 valence electrons. The quantitative estimate of drug-likeness (QED) is 0.769. The molecule has 1 aromatic rings. The second-order valence-electron chi connectivity index (χ2n) is 5.60. The monoisotopic (exact) mass is 278 g/mol. The molecule has 0 fully saturated rings. The highest BCUT2D eigenvalue weighted by atomic mass is 16.2. The Labute approximate surface area is 119 Å². The van der Waals surface area contributed by atoms with Crippen molar-refractivity contribution >= 4 is 17.5 Å². The first-order chi connectivity index (χ1) is 9.23. The van der Waals surface area contributed by atoms with Gasteiger partial charge in [0.25, 0.3) is 5.91 Å². The lowest BCUT2D eigenvalue weighted by Crippen LogP contribution is -2.45. The fourth-order valence-electron chi connectivity index (χ4n) is 1.67. The lowest BCUT2D eigenvalue weighted by molar-refractivity contribution is -0.121. The van der Waals surface area contributed by atoms with Gasteiger partial charge in [-0.05, 0) is 33.8 Å². The van der Waals surface area contributed by atoms with Gasteiger partial charge in [0.1, 0.15) is 0 Å². The molecule has 0 aromatic carbocycles. The van der Waals surface area contributed by atoms with Crippen LogP contribution in [0, 0.1) is 6.92 Å². The van der Waals surface area contributed by atoms with E-state index in [9.17, 15) is 9.59 Å². The van der Waals surface area contributed by atoms with E-state index < -0.39 is 0 Å². The number of carbonyl (C=O) groups is 2. The largest absolute Gasteiger partial charge is 0.387 e. The zero-order valence-electron chi connectivity index (χ0n) is 12.6. The van der Waals surface area contributed by atoms with Crippen LogP contribution in [0.5, 0.6) is 0 Å². The molecule has 0 unspecified atom stereocenters. The van der Waals surface area contributed by atoms with Gasteiger partial charge in [0, 0.05) is 24.5 Å². The molecule has 0 aliphatic carbocycles. The van der Waals surface area contributed by atoms with Crippen molar-refractivity contribution in [3.63, 3.8) is 0 Å². The van der Waals surface area contributed by atoms with E-state index in [4.69, 9.17) is 0 Å². The van der Waals surface area contributed by atoms with Gasteiger partial charge >= 0.3 is 0 Å². The number of anilines is 1. The number of hydrogen-bond acceptors (Lipinski definition) is 4. The van der Waals surface area contributed by atoms with Gasteiger partial charge in [-0.2, -0.15) is 0 Å². The number of nitrogens with one attached hydrogen (secondary N) is 3. The molecule has 6 heteroatoms. The van der Waals surface area contributed by atoms with Crippen molar-refractivity contribution in [2.45, 2.75) is 33.2 Å². The van der Waals surface area contributed by atoms with Crippen molar-refractivity contribution in [3.8, 4) is 0 Å². The minimum Gasteiger partial charge on any atom is -0.387 e. The maximum atomic E-state index is 12.0. The van der Waals surface area contributed by atoms with Crippen LogP contribution in [0.4, 0.5) is 5.69 Å². The first-order valence-corrected chi connectivity index (χ1v) is 6.46. The summed E-state index contributed by atoms with van der Waals surface area (Å²) in [6.07, 6.45) is 1.50. The summed E-state index contributed by atoms with van der Waals surface area (Å²) in [5.41, 5.74) is 1.60. The Morgan fingerprint density at radius 2 is 1.95 bits per heavy atom. The molecule has 0 saturated heterocycles. The maximum Gasteiger partial charge on any atom is 0.255 e. The number of hydrogen-bond donors (Lipinski definition) is 3. The van der Waals surface area contributed by atoms with E-state index in [2.05, 4.69) is 20.9 Å². The molecule has 0 aliphatic rings. The highest BCUT2D eigenvalue weighted by Crippen LogP contribution is 2.14. The molecule has 0 bridgehead atoms. The first kappa shape index (κ1) is 15.9. The molecule has 0 aliphatic heterocycles. The van der Waals surface area contributed by atoms with Crippen LogP contribution in [-0.2, 0) is 4.79 Å². The van der Waals surface area contributed by atoms with Gasteiger partial charge < -0.3 is 16.0 Å². The van der Waals surface area contributed by atoms with E-state index in [1.807, 2.05) is 27.7 Å². The van der Waals surface area contributed by atoms with Crippen molar-refractivity contribution in [1.82, 2.24) is 15.6 Å². The molecule has 0 atom stereocenters. The molecule has 6 nitrogen and oxygen atoms in total. The molecule has 0 saturated carbocycles. The lowest BCUT2D eigenvalue weighted by Gasteiger charge is -2.20. The second kappa shape index (κ2) is 6.36. The fraction of sp³-hybridized carbons (Fsp3) is 0.500. The smallest absolute Gasteiger partial charge is 0.255 e. The van der Waals surface area contributed by atoms with Crippen molar-refractivity contribution in [1.29, 1.82) is 0 Å². The minimum atomic E-state index is -0.328. The molecule has 1 rings (SSSR count). The van der Waals surface area contributed by atoms with E-state index in [0.717, 1.165) is 5.69 Å². The van der Waals surface area contributed by atoms with Crippen LogP contribution in [-0.4, -0.2) is 35.9 Å². The average molecular weight is 278 g/mol. The topological polar surface area (TPSA) is 83.1 Å². The normalized spacial score (nSPS) is 10.8. The molecule has 1 heterocycles. The van der Waals surface area contributed by atoms with Gasteiger partial charge in [-0.3, -0.25) is 14.6 Å². The molecular weight excluding hydrogens is 256 g/mol.